The molecule has 2 aromatic rings. The van der Waals surface area contributed by atoms with E-state index in [0.717, 1.165) is 0 Å². The summed E-state index contributed by atoms with van der Waals surface area (Å²) in [6.45, 7) is 0. The predicted molar refractivity (Wildman–Crippen MR) is 54.9 cm³/mol. The molecule has 0 bridgehead atoms. The van der Waals surface area contributed by atoms with E-state index >= 15 is 0 Å². The molecule has 0 unspecified atom stereocenters. The van der Waals surface area contributed by atoms with E-state index in [-0.39, 0.29) is 11.1 Å². The number of benzene rings is 1. The average Bonchev–Trinajstić information content (AvgIpc) is 2.62. The first kappa shape index (κ1) is 9.67. The Morgan fingerprint density at radius 1 is 1.33 bits per heavy atom. The Balaban J connectivity index is 2.58. The molecule has 0 saturated carbocycles. The summed E-state index contributed by atoms with van der Waals surface area (Å²) >= 11 is 5.61. The highest BCUT2D eigenvalue weighted by atomic mass is 35.5. The van der Waals surface area contributed by atoms with Crippen molar-refractivity contribution in [1.82, 2.24) is 14.8 Å². The number of para-hydroxylation sites is 1. The van der Waals surface area contributed by atoms with Crippen LogP contribution in [-0.4, -0.2) is 20.7 Å². The molecular weight excluding hydrogens is 216 g/mol. The topological polar surface area (TPSA) is 73.8 Å². The van der Waals surface area contributed by atoms with Gasteiger partial charge in [-0.3, -0.25) is 4.79 Å². The zero-order chi connectivity index (χ0) is 10.8. The van der Waals surface area contributed by atoms with Crippen molar-refractivity contribution < 1.29 is 4.79 Å². The SMILES string of the molecule is NC(=O)c1nc(Cl)nn1-c1ccccc1. The second-order valence-corrected chi connectivity index (χ2v) is 3.15. The van der Waals surface area contributed by atoms with E-state index < -0.39 is 5.91 Å². The first-order chi connectivity index (χ1) is 7.18. The maximum absolute atomic E-state index is 11.0. The summed E-state index contributed by atoms with van der Waals surface area (Å²) in [5.74, 6) is -0.649. The van der Waals surface area contributed by atoms with Gasteiger partial charge < -0.3 is 5.73 Å². The predicted octanol–water partition coefficient (Wildman–Crippen LogP) is 1.02. The van der Waals surface area contributed by atoms with E-state index in [9.17, 15) is 4.79 Å². The molecule has 0 fully saturated rings. The number of aromatic nitrogens is 3. The third-order valence-corrected chi connectivity index (χ3v) is 1.96. The Morgan fingerprint density at radius 3 is 2.60 bits per heavy atom. The highest BCUT2D eigenvalue weighted by molar-refractivity contribution is 6.28. The third-order valence-electron chi connectivity index (χ3n) is 1.80. The standard InChI is InChI=1S/C9H7ClN4O/c10-9-12-8(7(11)15)14(13-9)6-4-2-1-3-5-6/h1-5H,(H2,11,15). The summed E-state index contributed by atoms with van der Waals surface area (Å²) in [6, 6.07) is 9.03. The monoisotopic (exact) mass is 222 g/mol. The van der Waals surface area contributed by atoms with E-state index in [1.54, 1.807) is 12.1 Å². The Bertz CT molecular complexity index is 494. The molecular formula is C9H7ClN4O. The van der Waals surface area contributed by atoms with Crippen LogP contribution in [0.3, 0.4) is 0 Å². The quantitative estimate of drug-likeness (QED) is 0.825. The number of nitrogens with zero attached hydrogens (tertiary/aromatic N) is 3. The van der Waals surface area contributed by atoms with Crippen molar-refractivity contribution in [3.63, 3.8) is 0 Å². The van der Waals surface area contributed by atoms with Gasteiger partial charge in [0.2, 0.25) is 11.1 Å². The molecule has 0 aliphatic rings. The average molecular weight is 223 g/mol. The fraction of sp³-hybridized carbons (Fsp3) is 0. The van der Waals surface area contributed by atoms with Crippen molar-refractivity contribution in [1.29, 1.82) is 0 Å². The maximum atomic E-state index is 11.0. The molecule has 76 valence electrons. The van der Waals surface area contributed by atoms with Crippen LogP contribution in [0.25, 0.3) is 5.69 Å². The van der Waals surface area contributed by atoms with Crippen LogP contribution in [0, 0.1) is 0 Å². The van der Waals surface area contributed by atoms with Gasteiger partial charge in [-0.15, -0.1) is 5.10 Å². The normalized spacial score (nSPS) is 10.2. The van der Waals surface area contributed by atoms with E-state index in [1.807, 2.05) is 18.2 Å². The summed E-state index contributed by atoms with van der Waals surface area (Å²) in [5, 5.41) is 3.87. The van der Waals surface area contributed by atoms with E-state index in [0.29, 0.717) is 5.69 Å². The van der Waals surface area contributed by atoms with Crippen molar-refractivity contribution in [3.05, 3.63) is 41.4 Å². The number of carbonyl (C=O) groups excluding carboxylic acids is 1. The first-order valence-electron chi connectivity index (χ1n) is 4.16. The van der Waals surface area contributed by atoms with E-state index in [2.05, 4.69) is 10.1 Å². The van der Waals surface area contributed by atoms with Gasteiger partial charge in [-0.25, -0.2) is 4.68 Å². The largest absolute Gasteiger partial charge is 0.363 e. The molecule has 0 radical (unpaired) electrons. The highest BCUT2D eigenvalue weighted by Gasteiger charge is 2.14. The van der Waals surface area contributed by atoms with Crippen LogP contribution in [0.2, 0.25) is 5.28 Å². The zero-order valence-corrected chi connectivity index (χ0v) is 8.35. The number of hydrogen-bond donors (Lipinski definition) is 1. The van der Waals surface area contributed by atoms with Crippen molar-refractivity contribution in [3.8, 4) is 5.69 Å². The second-order valence-electron chi connectivity index (χ2n) is 2.82. The summed E-state index contributed by atoms with van der Waals surface area (Å²) in [4.78, 5) is 14.8. The Hall–Kier alpha value is -1.88. The highest BCUT2D eigenvalue weighted by Crippen LogP contribution is 2.11. The lowest BCUT2D eigenvalue weighted by Gasteiger charge is -2.01. The van der Waals surface area contributed by atoms with Gasteiger partial charge in [-0.2, -0.15) is 4.98 Å². The number of halogens is 1. The Morgan fingerprint density at radius 2 is 2.00 bits per heavy atom. The summed E-state index contributed by atoms with van der Waals surface area (Å²) in [5.41, 5.74) is 5.83. The number of carbonyl (C=O) groups is 1. The van der Waals surface area contributed by atoms with Gasteiger partial charge in [0.1, 0.15) is 0 Å². The fourth-order valence-electron chi connectivity index (χ4n) is 1.20. The van der Waals surface area contributed by atoms with Gasteiger partial charge in [0.25, 0.3) is 5.91 Å². The molecule has 6 heteroatoms. The van der Waals surface area contributed by atoms with Crippen LogP contribution in [0.15, 0.2) is 30.3 Å². The van der Waals surface area contributed by atoms with E-state index in [4.69, 9.17) is 17.3 Å². The molecule has 15 heavy (non-hydrogen) atoms. The van der Waals surface area contributed by atoms with Gasteiger partial charge in [-0.05, 0) is 23.7 Å². The molecule has 1 heterocycles. The molecule has 1 amide bonds. The number of primary amides is 1. The lowest BCUT2D eigenvalue weighted by Crippen LogP contribution is -2.17. The van der Waals surface area contributed by atoms with Gasteiger partial charge in [-0.1, -0.05) is 18.2 Å². The Kier molecular flexibility index (Phi) is 2.39. The summed E-state index contributed by atoms with van der Waals surface area (Å²) in [7, 11) is 0. The molecule has 0 spiro atoms. The van der Waals surface area contributed by atoms with Gasteiger partial charge >= 0.3 is 0 Å². The molecule has 0 atom stereocenters. The van der Waals surface area contributed by atoms with Gasteiger partial charge in [0, 0.05) is 0 Å². The molecule has 0 saturated heterocycles. The van der Waals surface area contributed by atoms with Crippen molar-refractivity contribution in [2.45, 2.75) is 0 Å². The molecule has 1 aromatic heterocycles. The number of amides is 1. The van der Waals surface area contributed by atoms with Crippen LogP contribution < -0.4 is 5.73 Å². The molecule has 5 nitrogen and oxygen atoms in total. The maximum Gasteiger partial charge on any atom is 0.286 e. The molecule has 2 rings (SSSR count). The fourth-order valence-corrected chi connectivity index (χ4v) is 1.35. The molecule has 0 aliphatic heterocycles. The van der Waals surface area contributed by atoms with Gasteiger partial charge in [0.15, 0.2) is 0 Å². The summed E-state index contributed by atoms with van der Waals surface area (Å²) < 4.78 is 1.31. The van der Waals surface area contributed by atoms with Crippen molar-refractivity contribution in [2.75, 3.05) is 0 Å². The number of nitrogens with two attached hydrogens (primary N) is 1. The smallest absolute Gasteiger partial charge is 0.286 e. The second kappa shape index (κ2) is 3.70. The van der Waals surface area contributed by atoms with Crippen LogP contribution in [0.4, 0.5) is 0 Å². The van der Waals surface area contributed by atoms with Crippen molar-refractivity contribution in [2.24, 2.45) is 5.73 Å². The first-order valence-corrected chi connectivity index (χ1v) is 4.54. The summed E-state index contributed by atoms with van der Waals surface area (Å²) in [6.07, 6.45) is 0. The lowest BCUT2D eigenvalue weighted by atomic mass is 10.3. The minimum Gasteiger partial charge on any atom is -0.363 e. The van der Waals surface area contributed by atoms with Crippen LogP contribution in [0.5, 0.6) is 0 Å². The van der Waals surface area contributed by atoms with E-state index in [1.165, 1.54) is 4.68 Å². The van der Waals surface area contributed by atoms with Gasteiger partial charge in [0.05, 0.1) is 5.69 Å². The number of rotatable bonds is 2. The molecule has 2 N–H and O–H groups in total. The molecule has 0 aliphatic carbocycles. The third kappa shape index (κ3) is 1.82. The van der Waals surface area contributed by atoms with Crippen LogP contribution in [0.1, 0.15) is 10.6 Å². The minimum atomic E-state index is -0.668. The Labute approximate surface area is 90.5 Å². The van der Waals surface area contributed by atoms with Crippen LogP contribution >= 0.6 is 11.6 Å². The zero-order valence-electron chi connectivity index (χ0n) is 7.59. The molecule has 1 aromatic carbocycles. The minimum absolute atomic E-state index is 0.00680. The lowest BCUT2D eigenvalue weighted by molar-refractivity contribution is 0.0988. The number of hydrogen-bond acceptors (Lipinski definition) is 3. The van der Waals surface area contributed by atoms with Crippen LogP contribution in [-0.2, 0) is 0 Å². The van der Waals surface area contributed by atoms with Crippen molar-refractivity contribution >= 4 is 17.5 Å².